The molecule has 2 heterocycles. The Labute approximate surface area is 401 Å². The van der Waals surface area contributed by atoms with Crippen LogP contribution in [0.1, 0.15) is 25.7 Å². The minimum atomic E-state index is -1.10. The molecule has 0 radical (unpaired) electrons. The van der Waals surface area contributed by atoms with Gasteiger partial charge in [-0.15, -0.1) is 0 Å². The zero-order valence-electron chi connectivity index (χ0n) is 34.2. The standard InChI is InChI=1S/2C24H20N2O4.2Na/c2*27-20-11-10-17-13-19(9-8-18(17)14-20)24-25-21(16-5-2-1-3-6-16)15-22(26-24)30-12-4-7-23(28)29;;/h2*1-3,5-6,8-11,13-15,27H,4,7,12H2,(H,28,29);;/q;;2*+1/p-2. The fraction of sp³-hybridized carbons (Fsp3) is 0.125. The van der Waals surface area contributed by atoms with Crippen molar-refractivity contribution in [3.8, 4) is 68.5 Å². The molecule has 0 unspecified atom stereocenters. The molecule has 0 aliphatic heterocycles. The SMILES string of the molecule is O=C([O-])CCCOc1cc(-c2ccccc2)nc(-c2ccc3cc(O)ccc3c2)n1.O=C([O-])CCCOc1cc(-c2ccccc2)nc(-c2ccc3cc(O)ccc3c2)n1.[Na+].[Na+]. The normalized spacial score (nSPS) is 10.5. The van der Waals surface area contributed by atoms with Crippen LogP contribution in [0.3, 0.4) is 0 Å². The van der Waals surface area contributed by atoms with Crippen molar-refractivity contribution in [3.63, 3.8) is 0 Å². The molecule has 6 aromatic carbocycles. The molecule has 14 heteroatoms. The number of carbonyl (C=O) groups is 2. The molecule has 0 saturated heterocycles. The molecule has 0 bridgehead atoms. The summed E-state index contributed by atoms with van der Waals surface area (Å²) in [5, 5.41) is 44.3. The zero-order chi connectivity index (χ0) is 41.8. The van der Waals surface area contributed by atoms with E-state index in [2.05, 4.69) is 9.97 Å². The number of phenolic OH excluding ortho intramolecular Hbond substituents is 2. The van der Waals surface area contributed by atoms with Crippen molar-refractivity contribution in [3.05, 3.63) is 146 Å². The molecule has 0 spiro atoms. The van der Waals surface area contributed by atoms with E-state index in [9.17, 15) is 30.0 Å². The van der Waals surface area contributed by atoms with Crippen molar-refractivity contribution in [1.82, 2.24) is 19.9 Å². The average Bonchev–Trinajstić information content (AvgIpc) is 3.27. The van der Waals surface area contributed by atoms with Gasteiger partial charge in [-0.2, -0.15) is 9.97 Å². The van der Waals surface area contributed by atoms with Gasteiger partial charge >= 0.3 is 59.1 Å². The first kappa shape index (κ1) is 47.2. The Kier molecular flexibility index (Phi) is 17.4. The molecule has 62 heavy (non-hydrogen) atoms. The van der Waals surface area contributed by atoms with E-state index in [1.165, 1.54) is 0 Å². The fourth-order valence-electron chi connectivity index (χ4n) is 6.30. The van der Waals surface area contributed by atoms with Crippen LogP contribution < -0.4 is 78.8 Å². The number of aromatic hydroxyl groups is 2. The van der Waals surface area contributed by atoms with Crippen LogP contribution in [0.15, 0.2) is 146 Å². The van der Waals surface area contributed by atoms with E-state index in [1.54, 1.807) is 36.4 Å². The molecule has 0 amide bonds. The van der Waals surface area contributed by atoms with Gasteiger partial charge in [-0.3, -0.25) is 0 Å². The van der Waals surface area contributed by atoms with Crippen LogP contribution in [-0.2, 0) is 9.59 Å². The van der Waals surface area contributed by atoms with Gasteiger partial charge in [-0.1, -0.05) is 97.1 Å². The van der Waals surface area contributed by atoms with Crippen molar-refractivity contribution in [2.45, 2.75) is 25.7 Å². The zero-order valence-corrected chi connectivity index (χ0v) is 38.2. The van der Waals surface area contributed by atoms with E-state index in [0.29, 0.717) is 47.6 Å². The number of hydrogen-bond acceptors (Lipinski definition) is 12. The van der Waals surface area contributed by atoms with Crippen molar-refractivity contribution < 1.29 is 98.6 Å². The van der Waals surface area contributed by atoms with Crippen molar-refractivity contribution in [2.75, 3.05) is 13.2 Å². The molecule has 0 fully saturated rings. The molecular formula is C48H38N4Na2O8. The third-order valence-corrected chi connectivity index (χ3v) is 9.26. The number of carboxylic acids is 2. The molecule has 0 aliphatic carbocycles. The maximum absolute atomic E-state index is 10.6. The summed E-state index contributed by atoms with van der Waals surface area (Å²) in [6, 6.07) is 44.8. The monoisotopic (exact) mass is 844 g/mol. The molecule has 0 aliphatic rings. The predicted octanol–water partition coefficient (Wildman–Crippen LogP) is 1.16. The summed E-state index contributed by atoms with van der Waals surface area (Å²) >= 11 is 0. The third-order valence-electron chi connectivity index (χ3n) is 9.26. The topological polar surface area (TPSA) is 191 Å². The van der Waals surface area contributed by atoms with Gasteiger partial charge < -0.3 is 39.5 Å². The maximum atomic E-state index is 10.6. The van der Waals surface area contributed by atoms with Gasteiger partial charge in [0.15, 0.2) is 11.6 Å². The number of carboxylic acid groups (broad SMARTS) is 2. The number of benzene rings is 6. The van der Waals surface area contributed by atoms with Crippen molar-refractivity contribution in [1.29, 1.82) is 0 Å². The third kappa shape index (κ3) is 13.1. The predicted molar refractivity (Wildman–Crippen MR) is 224 cm³/mol. The molecule has 8 rings (SSSR count). The number of carbonyl (C=O) groups excluding carboxylic acids is 2. The van der Waals surface area contributed by atoms with Gasteiger partial charge in [0.2, 0.25) is 11.8 Å². The van der Waals surface area contributed by atoms with E-state index >= 15 is 0 Å². The van der Waals surface area contributed by atoms with Gasteiger partial charge in [0.25, 0.3) is 0 Å². The first-order valence-electron chi connectivity index (χ1n) is 19.2. The number of fused-ring (bicyclic) bond motifs is 2. The summed E-state index contributed by atoms with van der Waals surface area (Å²) in [5.74, 6) is -0.0218. The molecular weight excluding hydrogens is 807 g/mol. The van der Waals surface area contributed by atoms with E-state index in [4.69, 9.17) is 19.4 Å². The molecule has 2 aromatic heterocycles. The Hall–Kier alpha value is -5.86. The largest absolute Gasteiger partial charge is 1.00 e. The first-order chi connectivity index (χ1) is 29.2. The molecule has 0 atom stereocenters. The summed E-state index contributed by atoms with van der Waals surface area (Å²) in [5.41, 5.74) is 4.89. The second kappa shape index (κ2) is 22.8. The second-order valence-electron chi connectivity index (χ2n) is 13.7. The summed E-state index contributed by atoms with van der Waals surface area (Å²) in [7, 11) is 0. The molecule has 8 aromatic rings. The number of aliphatic carboxylic acids is 2. The Morgan fingerprint density at radius 3 is 1.21 bits per heavy atom. The number of nitrogens with zero attached hydrogens (tertiary/aromatic N) is 4. The fourth-order valence-corrected chi connectivity index (χ4v) is 6.30. The van der Waals surface area contributed by atoms with Crippen LogP contribution in [0.25, 0.3) is 66.8 Å². The number of ether oxygens (including phenoxy) is 2. The molecule has 12 nitrogen and oxygen atoms in total. The minimum absolute atomic E-state index is 0. The van der Waals surface area contributed by atoms with Crippen LogP contribution in [0, 0.1) is 0 Å². The first-order valence-corrected chi connectivity index (χ1v) is 19.2. The molecule has 0 saturated carbocycles. The van der Waals surface area contributed by atoms with E-state index in [0.717, 1.165) is 43.8 Å². The van der Waals surface area contributed by atoms with Crippen molar-refractivity contribution >= 4 is 33.5 Å². The number of phenols is 2. The van der Waals surface area contributed by atoms with Gasteiger partial charge in [0, 0.05) is 46.3 Å². The average molecular weight is 845 g/mol. The number of hydrogen-bond donors (Lipinski definition) is 2. The minimum Gasteiger partial charge on any atom is -0.550 e. The van der Waals surface area contributed by atoms with Crippen LogP contribution in [0.4, 0.5) is 0 Å². The Balaban J connectivity index is 0.000000227. The molecule has 300 valence electrons. The maximum Gasteiger partial charge on any atom is 1.00 e. The quantitative estimate of drug-likeness (QED) is 0.118. The Bertz CT molecular complexity index is 2590. The Morgan fingerprint density at radius 1 is 0.452 bits per heavy atom. The number of aromatic nitrogens is 4. The van der Waals surface area contributed by atoms with Gasteiger partial charge in [-0.05, 0) is 83.6 Å². The van der Waals surface area contributed by atoms with Crippen LogP contribution in [-0.4, -0.2) is 55.3 Å². The van der Waals surface area contributed by atoms with Crippen molar-refractivity contribution in [2.24, 2.45) is 0 Å². The van der Waals surface area contributed by atoms with Crippen LogP contribution in [0.2, 0.25) is 0 Å². The van der Waals surface area contributed by atoms with Gasteiger partial charge in [-0.25, -0.2) is 9.97 Å². The van der Waals surface area contributed by atoms with Crippen LogP contribution >= 0.6 is 0 Å². The Morgan fingerprint density at radius 2 is 0.823 bits per heavy atom. The van der Waals surface area contributed by atoms with Gasteiger partial charge in [0.05, 0.1) is 24.6 Å². The van der Waals surface area contributed by atoms with E-state index in [1.807, 2.05) is 109 Å². The second-order valence-corrected chi connectivity index (χ2v) is 13.7. The smallest absolute Gasteiger partial charge is 0.550 e. The summed E-state index contributed by atoms with van der Waals surface area (Å²) in [4.78, 5) is 39.7. The van der Waals surface area contributed by atoms with Gasteiger partial charge in [0.1, 0.15) is 11.5 Å². The summed E-state index contributed by atoms with van der Waals surface area (Å²) in [6.45, 7) is 0.436. The molecule has 2 N–H and O–H groups in total. The van der Waals surface area contributed by atoms with E-state index < -0.39 is 11.9 Å². The van der Waals surface area contributed by atoms with E-state index in [-0.39, 0.29) is 96.7 Å². The summed E-state index contributed by atoms with van der Waals surface area (Å²) in [6.07, 6.45) is 0.533. The summed E-state index contributed by atoms with van der Waals surface area (Å²) < 4.78 is 11.4. The number of rotatable bonds is 14. The van der Waals surface area contributed by atoms with Crippen LogP contribution in [0.5, 0.6) is 23.3 Å².